The average Bonchev–Trinajstić information content (AvgIpc) is 3.52. The van der Waals surface area contributed by atoms with Crippen LogP contribution in [0.15, 0.2) is 36.8 Å². The summed E-state index contributed by atoms with van der Waals surface area (Å²) >= 11 is 0. The average molecular weight is 483 g/mol. The molecule has 11 heteroatoms. The second-order valence-electron chi connectivity index (χ2n) is 8.05. The van der Waals surface area contributed by atoms with Gasteiger partial charge in [0.2, 0.25) is 5.91 Å². The Labute approximate surface area is 202 Å². The Morgan fingerprint density at radius 2 is 2.06 bits per heavy atom. The number of carbonyl (C=O) groups is 3. The molecule has 0 unspecified atom stereocenters. The van der Waals surface area contributed by atoms with Gasteiger partial charge in [-0.05, 0) is 30.5 Å². The van der Waals surface area contributed by atoms with Crippen LogP contribution in [0.25, 0.3) is 0 Å². The molecular weight excluding hydrogens is 452 g/mol. The number of ether oxygens (including phenoxy) is 1. The Bertz CT molecular complexity index is 1140. The van der Waals surface area contributed by atoms with E-state index in [0.29, 0.717) is 51.0 Å². The van der Waals surface area contributed by atoms with Gasteiger partial charge in [0.1, 0.15) is 5.75 Å². The molecule has 35 heavy (non-hydrogen) atoms. The number of H-pyrrole nitrogens is 2. The van der Waals surface area contributed by atoms with Crippen LogP contribution in [0.1, 0.15) is 46.3 Å². The molecule has 0 bridgehead atoms. The van der Waals surface area contributed by atoms with Crippen molar-refractivity contribution in [3.63, 3.8) is 0 Å². The minimum atomic E-state index is -0.833. The number of aromatic nitrogens is 4. The minimum absolute atomic E-state index is 0.0913. The van der Waals surface area contributed by atoms with E-state index in [1.54, 1.807) is 19.6 Å². The van der Waals surface area contributed by atoms with Crippen molar-refractivity contribution < 1.29 is 24.2 Å². The molecule has 0 aliphatic carbocycles. The molecule has 0 saturated carbocycles. The maximum atomic E-state index is 12.7. The topological polar surface area (TPSA) is 153 Å². The number of benzene rings is 1. The van der Waals surface area contributed by atoms with Crippen LogP contribution in [0.5, 0.6) is 5.75 Å². The lowest BCUT2D eigenvalue weighted by molar-refractivity contribution is -0.134. The summed E-state index contributed by atoms with van der Waals surface area (Å²) < 4.78 is 5.24. The Balaban J connectivity index is 0.000000795. The molecule has 2 amide bonds. The normalized spacial score (nSPS) is 12.2. The number of rotatable bonds is 8. The van der Waals surface area contributed by atoms with Crippen molar-refractivity contribution in [3.8, 4) is 5.75 Å². The fourth-order valence-electron chi connectivity index (χ4n) is 3.77. The number of hydrogen-bond donors (Lipinski definition) is 4. The van der Waals surface area contributed by atoms with Crippen molar-refractivity contribution >= 4 is 17.8 Å². The number of carbonyl (C=O) groups excluding carboxylic acids is 2. The number of carboxylic acids is 1. The van der Waals surface area contributed by atoms with Crippen LogP contribution < -0.4 is 10.1 Å². The van der Waals surface area contributed by atoms with Crippen LogP contribution in [0.2, 0.25) is 0 Å². The first-order valence-electron chi connectivity index (χ1n) is 11.3. The van der Waals surface area contributed by atoms with Crippen LogP contribution in [0.4, 0.5) is 0 Å². The molecule has 0 spiro atoms. The standard InChI is InChI=1S/C22H26N6O3.C2H4O2/c1-31-17-4-2-3-15(11-17)5-6-20(29)28-10-8-18-19(13-28)26-27-21(18)22(30)24-9-7-16-12-23-14-25-16;1-2(3)4/h2-4,11-12,14H,5-10,13H2,1H3,(H,23,25)(H,24,30)(H,26,27);1H3,(H,3,4). The van der Waals surface area contributed by atoms with E-state index in [4.69, 9.17) is 14.6 Å². The highest BCUT2D eigenvalue weighted by Crippen LogP contribution is 2.21. The molecule has 0 fully saturated rings. The molecule has 0 atom stereocenters. The summed E-state index contributed by atoms with van der Waals surface area (Å²) in [5.74, 6) is -0.149. The molecule has 4 rings (SSSR count). The van der Waals surface area contributed by atoms with E-state index in [0.717, 1.165) is 35.2 Å². The number of amides is 2. The number of aryl methyl sites for hydroxylation is 1. The number of nitrogens with zero attached hydrogens (tertiary/aromatic N) is 3. The lowest BCUT2D eigenvalue weighted by Crippen LogP contribution is -2.36. The first-order valence-corrected chi connectivity index (χ1v) is 11.3. The summed E-state index contributed by atoms with van der Waals surface area (Å²) in [5, 5.41) is 17.5. The predicted molar refractivity (Wildman–Crippen MR) is 127 cm³/mol. The van der Waals surface area contributed by atoms with Gasteiger partial charge in [0, 0.05) is 50.3 Å². The molecule has 186 valence electrons. The maximum absolute atomic E-state index is 12.7. The molecule has 11 nitrogen and oxygen atoms in total. The molecule has 1 aromatic carbocycles. The van der Waals surface area contributed by atoms with Gasteiger partial charge < -0.3 is 25.0 Å². The third kappa shape index (κ3) is 7.42. The van der Waals surface area contributed by atoms with Crippen LogP contribution in [0.3, 0.4) is 0 Å². The highest BCUT2D eigenvalue weighted by molar-refractivity contribution is 5.94. The van der Waals surface area contributed by atoms with Gasteiger partial charge in [-0.3, -0.25) is 19.5 Å². The number of carboxylic acid groups (broad SMARTS) is 1. The third-order valence-electron chi connectivity index (χ3n) is 5.50. The number of fused-ring (bicyclic) bond motifs is 1. The molecule has 3 heterocycles. The van der Waals surface area contributed by atoms with Crippen molar-refractivity contribution in [1.82, 2.24) is 30.4 Å². The predicted octanol–water partition coefficient (Wildman–Crippen LogP) is 1.72. The van der Waals surface area contributed by atoms with Gasteiger partial charge in [0.05, 0.1) is 25.7 Å². The lowest BCUT2D eigenvalue weighted by Gasteiger charge is -2.27. The lowest BCUT2D eigenvalue weighted by atomic mass is 10.0. The quantitative estimate of drug-likeness (QED) is 0.381. The van der Waals surface area contributed by atoms with E-state index in [1.807, 2.05) is 29.2 Å². The first kappa shape index (κ1) is 25.5. The molecule has 2 aromatic heterocycles. The van der Waals surface area contributed by atoms with Crippen LogP contribution in [0, 0.1) is 0 Å². The Hall–Kier alpha value is -4.15. The molecule has 0 saturated heterocycles. The van der Waals surface area contributed by atoms with Gasteiger partial charge >= 0.3 is 0 Å². The highest BCUT2D eigenvalue weighted by atomic mass is 16.5. The summed E-state index contributed by atoms with van der Waals surface area (Å²) in [6.45, 7) is 2.61. The minimum Gasteiger partial charge on any atom is -0.497 e. The Morgan fingerprint density at radius 1 is 1.26 bits per heavy atom. The fraction of sp³-hybridized carbons (Fsp3) is 0.375. The number of imidazole rings is 1. The van der Waals surface area contributed by atoms with Gasteiger partial charge in [0.25, 0.3) is 11.9 Å². The summed E-state index contributed by atoms with van der Waals surface area (Å²) in [5.41, 5.74) is 4.19. The summed E-state index contributed by atoms with van der Waals surface area (Å²) in [7, 11) is 1.63. The summed E-state index contributed by atoms with van der Waals surface area (Å²) in [6.07, 6.45) is 5.73. The van der Waals surface area contributed by atoms with Crippen molar-refractivity contribution in [2.75, 3.05) is 20.2 Å². The van der Waals surface area contributed by atoms with Crippen LogP contribution >= 0.6 is 0 Å². The Morgan fingerprint density at radius 3 is 2.77 bits per heavy atom. The Kier molecular flexibility index (Phi) is 8.99. The number of aliphatic carboxylic acids is 1. The van der Waals surface area contributed by atoms with Gasteiger partial charge in [0.15, 0.2) is 5.69 Å². The van der Waals surface area contributed by atoms with E-state index in [1.165, 1.54) is 0 Å². The van der Waals surface area contributed by atoms with Crippen LogP contribution in [-0.4, -0.2) is 68.2 Å². The van der Waals surface area contributed by atoms with E-state index in [9.17, 15) is 9.59 Å². The smallest absolute Gasteiger partial charge is 0.300 e. The van der Waals surface area contributed by atoms with E-state index >= 15 is 0 Å². The first-order chi connectivity index (χ1) is 16.9. The molecular formula is C24H30N6O5. The van der Waals surface area contributed by atoms with E-state index < -0.39 is 5.97 Å². The van der Waals surface area contributed by atoms with Crippen molar-refractivity contribution in [1.29, 1.82) is 0 Å². The molecule has 3 aromatic rings. The zero-order chi connectivity index (χ0) is 25.2. The summed E-state index contributed by atoms with van der Waals surface area (Å²) in [6, 6.07) is 7.77. The van der Waals surface area contributed by atoms with Gasteiger partial charge in [-0.25, -0.2) is 4.98 Å². The number of aromatic amines is 2. The number of nitrogens with one attached hydrogen (secondary N) is 3. The van der Waals surface area contributed by atoms with Gasteiger partial charge in [-0.15, -0.1) is 0 Å². The largest absolute Gasteiger partial charge is 0.497 e. The summed E-state index contributed by atoms with van der Waals surface area (Å²) in [4.78, 5) is 43.0. The number of methoxy groups -OCH3 is 1. The molecule has 1 aliphatic rings. The van der Waals surface area contributed by atoms with Crippen LogP contribution in [-0.2, 0) is 35.4 Å². The van der Waals surface area contributed by atoms with Gasteiger partial charge in [-0.1, -0.05) is 12.1 Å². The highest BCUT2D eigenvalue weighted by Gasteiger charge is 2.27. The van der Waals surface area contributed by atoms with E-state index in [-0.39, 0.29) is 11.8 Å². The van der Waals surface area contributed by atoms with Crippen molar-refractivity contribution in [2.24, 2.45) is 0 Å². The monoisotopic (exact) mass is 482 g/mol. The molecule has 4 N–H and O–H groups in total. The molecule has 0 radical (unpaired) electrons. The second kappa shape index (κ2) is 12.4. The van der Waals surface area contributed by atoms with Crippen molar-refractivity contribution in [3.05, 3.63) is 65.0 Å². The van der Waals surface area contributed by atoms with Crippen molar-refractivity contribution in [2.45, 2.75) is 39.2 Å². The second-order valence-corrected chi connectivity index (χ2v) is 8.05. The molecule has 1 aliphatic heterocycles. The SMILES string of the molecule is CC(=O)O.COc1cccc(CCC(=O)N2CCc3c(C(=O)NCCc4cnc[nH]4)n[nH]c3C2)c1. The fourth-order valence-corrected chi connectivity index (χ4v) is 3.77. The number of hydrogen-bond acceptors (Lipinski definition) is 6. The zero-order valence-corrected chi connectivity index (χ0v) is 19.8. The maximum Gasteiger partial charge on any atom is 0.300 e. The van der Waals surface area contributed by atoms with E-state index in [2.05, 4.69) is 25.5 Å². The third-order valence-corrected chi connectivity index (χ3v) is 5.50. The van der Waals surface area contributed by atoms with Gasteiger partial charge in [-0.2, -0.15) is 5.10 Å². The zero-order valence-electron chi connectivity index (χ0n) is 19.8.